The van der Waals surface area contributed by atoms with Crippen molar-refractivity contribution < 1.29 is 23.7 Å². The lowest BCUT2D eigenvalue weighted by Crippen LogP contribution is -2.36. The molecule has 33 heavy (non-hydrogen) atoms. The highest BCUT2D eigenvalue weighted by atomic mass is 35.5. The number of carbonyl (C=O) groups excluding carboxylic acids is 1. The first-order chi connectivity index (χ1) is 16.0. The number of anilines is 1. The Balaban J connectivity index is 1.64. The molecule has 2 heterocycles. The Labute approximate surface area is 201 Å². The number of aromatic nitrogens is 1. The lowest BCUT2D eigenvalue weighted by Gasteiger charge is -2.21. The second-order valence-corrected chi connectivity index (χ2v) is 8.93. The van der Waals surface area contributed by atoms with Gasteiger partial charge in [0.05, 0.1) is 44.2 Å². The fourth-order valence-corrected chi connectivity index (χ4v) is 4.97. The Morgan fingerprint density at radius 2 is 1.97 bits per heavy atom. The summed E-state index contributed by atoms with van der Waals surface area (Å²) in [6.45, 7) is 1.15. The monoisotopic (exact) mass is 488 g/mol. The maximum absolute atomic E-state index is 13.3. The van der Waals surface area contributed by atoms with Gasteiger partial charge in [-0.05, 0) is 54.8 Å². The lowest BCUT2D eigenvalue weighted by molar-refractivity contribution is -0.114. The summed E-state index contributed by atoms with van der Waals surface area (Å²) in [5.41, 5.74) is 1.55. The van der Waals surface area contributed by atoms with E-state index < -0.39 is 0 Å². The fourth-order valence-electron chi connectivity index (χ4n) is 3.71. The van der Waals surface area contributed by atoms with Crippen LogP contribution in [0.1, 0.15) is 18.4 Å². The number of halogens is 1. The molecule has 1 aliphatic heterocycles. The smallest absolute Gasteiger partial charge is 0.252 e. The molecular formula is C24H25ClN2O5S. The molecule has 1 saturated heterocycles. The van der Waals surface area contributed by atoms with Crippen LogP contribution in [0.2, 0.25) is 5.02 Å². The number of hydrogen-bond acceptors (Lipinski definition) is 7. The molecule has 1 fully saturated rings. The van der Waals surface area contributed by atoms with Crippen LogP contribution in [0.25, 0.3) is 16.3 Å². The van der Waals surface area contributed by atoms with Crippen LogP contribution < -0.4 is 19.1 Å². The summed E-state index contributed by atoms with van der Waals surface area (Å²) >= 11 is 7.57. The molecule has 2 aromatic carbocycles. The normalized spacial score (nSPS) is 15.8. The summed E-state index contributed by atoms with van der Waals surface area (Å²) in [6, 6.07) is 9.09. The van der Waals surface area contributed by atoms with E-state index in [1.54, 1.807) is 50.5 Å². The Hall–Kier alpha value is -2.81. The minimum Gasteiger partial charge on any atom is -0.493 e. The molecule has 3 aromatic rings. The van der Waals surface area contributed by atoms with Crippen LogP contribution in [-0.2, 0) is 9.53 Å². The molecule has 0 aliphatic carbocycles. The molecule has 4 rings (SSSR count). The zero-order chi connectivity index (χ0) is 23.4. The van der Waals surface area contributed by atoms with E-state index in [4.69, 9.17) is 30.5 Å². The molecule has 1 atom stereocenters. The number of methoxy groups -OCH3 is 3. The Bertz CT molecular complexity index is 1150. The van der Waals surface area contributed by atoms with Crippen molar-refractivity contribution in [2.45, 2.75) is 18.9 Å². The molecule has 1 amide bonds. The number of nitrogens with zero attached hydrogens (tertiary/aromatic N) is 2. The Kier molecular flexibility index (Phi) is 7.37. The predicted octanol–water partition coefficient (Wildman–Crippen LogP) is 5.20. The largest absolute Gasteiger partial charge is 0.493 e. The number of rotatable bonds is 8. The molecule has 1 aliphatic rings. The van der Waals surface area contributed by atoms with Crippen LogP contribution in [0.5, 0.6) is 17.2 Å². The predicted molar refractivity (Wildman–Crippen MR) is 131 cm³/mol. The second kappa shape index (κ2) is 10.4. The zero-order valence-corrected chi connectivity index (χ0v) is 20.2. The van der Waals surface area contributed by atoms with Gasteiger partial charge in [0.25, 0.3) is 5.91 Å². The molecule has 0 bridgehead atoms. The first-order valence-corrected chi connectivity index (χ1v) is 11.7. The van der Waals surface area contributed by atoms with Crippen LogP contribution in [-0.4, -0.2) is 51.5 Å². The van der Waals surface area contributed by atoms with Gasteiger partial charge in [-0.1, -0.05) is 22.9 Å². The van der Waals surface area contributed by atoms with Crippen molar-refractivity contribution in [3.63, 3.8) is 0 Å². The number of ether oxygens (including phenoxy) is 4. The van der Waals surface area contributed by atoms with Crippen LogP contribution in [0.4, 0.5) is 5.13 Å². The van der Waals surface area contributed by atoms with E-state index in [-0.39, 0.29) is 12.0 Å². The summed E-state index contributed by atoms with van der Waals surface area (Å²) in [7, 11) is 4.66. The van der Waals surface area contributed by atoms with Gasteiger partial charge >= 0.3 is 0 Å². The van der Waals surface area contributed by atoms with Crippen LogP contribution in [0, 0.1) is 0 Å². The van der Waals surface area contributed by atoms with Crippen molar-refractivity contribution in [1.82, 2.24) is 4.98 Å². The summed E-state index contributed by atoms with van der Waals surface area (Å²) in [4.78, 5) is 19.7. The molecule has 9 heteroatoms. The maximum atomic E-state index is 13.3. The number of thiazole rings is 1. The number of fused-ring (bicyclic) bond motifs is 1. The van der Waals surface area contributed by atoms with Crippen LogP contribution >= 0.6 is 22.9 Å². The fraction of sp³-hybridized carbons (Fsp3) is 0.333. The Morgan fingerprint density at radius 3 is 2.61 bits per heavy atom. The molecule has 1 aromatic heterocycles. The molecule has 7 nitrogen and oxygen atoms in total. The standard InChI is InChI=1S/C24H25ClN2O5S/c1-29-19-11-15(12-20(30-2)23(19)31-3)6-9-22(28)27(14-17-5-4-10-32-17)24-26-18-8-7-16(25)13-21(18)33-24/h6-9,11-13,17H,4-5,10,14H2,1-3H3/b9-6+. The van der Waals surface area contributed by atoms with Crippen molar-refractivity contribution >= 4 is 50.3 Å². The van der Waals surface area contributed by atoms with Crippen molar-refractivity contribution in [2.24, 2.45) is 0 Å². The minimum absolute atomic E-state index is 0.0147. The lowest BCUT2D eigenvalue weighted by atomic mass is 10.1. The van der Waals surface area contributed by atoms with Gasteiger partial charge in [0.1, 0.15) is 0 Å². The number of benzene rings is 2. The average Bonchev–Trinajstić information content (AvgIpc) is 3.49. The second-order valence-electron chi connectivity index (χ2n) is 7.48. The van der Waals surface area contributed by atoms with E-state index in [0.29, 0.717) is 40.6 Å². The zero-order valence-electron chi connectivity index (χ0n) is 18.7. The molecule has 0 spiro atoms. The van der Waals surface area contributed by atoms with E-state index in [1.165, 1.54) is 17.4 Å². The summed E-state index contributed by atoms with van der Waals surface area (Å²) in [5, 5.41) is 1.25. The van der Waals surface area contributed by atoms with Crippen LogP contribution in [0.15, 0.2) is 36.4 Å². The maximum Gasteiger partial charge on any atom is 0.252 e. The van der Waals surface area contributed by atoms with Gasteiger partial charge in [-0.25, -0.2) is 4.98 Å². The van der Waals surface area contributed by atoms with Gasteiger partial charge in [-0.2, -0.15) is 0 Å². The van der Waals surface area contributed by atoms with Gasteiger partial charge < -0.3 is 18.9 Å². The summed E-state index contributed by atoms with van der Waals surface area (Å²) in [5.74, 6) is 1.34. The van der Waals surface area contributed by atoms with E-state index in [1.807, 2.05) is 12.1 Å². The van der Waals surface area contributed by atoms with Gasteiger partial charge in [-0.15, -0.1) is 0 Å². The summed E-state index contributed by atoms with van der Waals surface area (Å²) in [6.07, 6.45) is 5.13. The number of carbonyl (C=O) groups is 1. The highest BCUT2D eigenvalue weighted by Gasteiger charge is 2.25. The van der Waals surface area contributed by atoms with E-state index >= 15 is 0 Å². The SMILES string of the molecule is COc1cc(/C=C/C(=O)N(CC2CCCO2)c2nc3ccc(Cl)cc3s2)cc(OC)c1OC. The number of amides is 1. The third kappa shape index (κ3) is 5.24. The van der Waals surface area contributed by atoms with Gasteiger partial charge in [0.15, 0.2) is 16.6 Å². The molecular weight excluding hydrogens is 464 g/mol. The quantitative estimate of drug-likeness (QED) is 0.406. The first kappa shape index (κ1) is 23.4. The number of hydrogen-bond donors (Lipinski definition) is 0. The molecule has 0 N–H and O–H groups in total. The molecule has 174 valence electrons. The molecule has 0 saturated carbocycles. The first-order valence-electron chi connectivity index (χ1n) is 10.5. The van der Waals surface area contributed by atoms with Crippen molar-refractivity contribution in [2.75, 3.05) is 39.4 Å². The van der Waals surface area contributed by atoms with Crippen molar-refractivity contribution in [1.29, 1.82) is 0 Å². The topological polar surface area (TPSA) is 70.1 Å². The third-order valence-electron chi connectivity index (χ3n) is 5.35. The summed E-state index contributed by atoms with van der Waals surface area (Å²) < 4.78 is 22.9. The van der Waals surface area contributed by atoms with Crippen LogP contribution in [0.3, 0.4) is 0 Å². The van der Waals surface area contributed by atoms with Gasteiger partial charge in [0.2, 0.25) is 5.75 Å². The highest BCUT2D eigenvalue weighted by molar-refractivity contribution is 7.22. The van der Waals surface area contributed by atoms with E-state index in [2.05, 4.69) is 4.98 Å². The minimum atomic E-state index is -0.190. The van der Waals surface area contributed by atoms with E-state index in [0.717, 1.165) is 28.6 Å². The van der Waals surface area contributed by atoms with Crippen molar-refractivity contribution in [3.8, 4) is 17.2 Å². The molecule has 1 unspecified atom stereocenters. The third-order valence-corrected chi connectivity index (χ3v) is 6.63. The van der Waals surface area contributed by atoms with E-state index in [9.17, 15) is 4.79 Å². The van der Waals surface area contributed by atoms with Gasteiger partial charge in [-0.3, -0.25) is 9.69 Å². The Morgan fingerprint density at radius 1 is 1.21 bits per heavy atom. The average molecular weight is 489 g/mol. The highest BCUT2D eigenvalue weighted by Crippen LogP contribution is 2.38. The van der Waals surface area contributed by atoms with Gasteiger partial charge in [0, 0.05) is 17.7 Å². The van der Waals surface area contributed by atoms with Crippen molar-refractivity contribution in [3.05, 3.63) is 47.0 Å². The molecule has 0 radical (unpaired) electrons.